The standard InChI is InChI=1S/C38H28N2.C6H10.C3H6.C2H6/c39-35-19-8-9-20-36(35)40-30-14-10-13-29(25-30)38-33-17-6-4-15-31(33)37(32-16-5-7-18-34(32)38)28-23-21-27(22-24-28)26-11-2-1-3-12-26;1-4-6(3)5-2;1-3-2;1-2/h1-25,40H,39H2;4-5H,1H2,2-3H3;3H,1H2,2H3;1-2H3/b;6-5-;;. The third-order valence-corrected chi connectivity index (χ3v) is 8.38. The molecule has 7 rings (SSSR count). The Hall–Kier alpha value is -6.12. The molecule has 0 heterocycles. The lowest BCUT2D eigenvalue weighted by molar-refractivity contribution is 1.49. The predicted molar refractivity (Wildman–Crippen MR) is 229 cm³/mol. The number of allylic oxidation sites excluding steroid dienone is 4. The van der Waals surface area contributed by atoms with Crippen LogP contribution in [0.25, 0.3) is 54.9 Å². The summed E-state index contributed by atoms with van der Waals surface area (Å²) in [5.41, 5.74) is 17.4. The van der Waals surface area contributed by atoms with E-state index in [1.165, 1.54) is 54.9 Å². The Morgan fingerprint density at radius 2 is 0.961 bits per heavy atom. The van der Waals surface area contributed by atoms with E-state index in [2.05, 4.69) is 146 Å². The molecule has 0 saturated heterocycles. The number of benzene rings is 7. The van der Waals surface area contributed by atoms with Gasteiger partial charge in [0.25, 0.3) is 0 Å². The molecule has 0 aliphatic rings. The summed E-state index contributed by atoms with van der Waals surface area (Å²) in [5, 5.41) is 8.47. The van der Waals surface area contributed by atoms with E-state index in [1.807, 2.05) is 71.0 Å². The van der Waals surface area contributed by atoms with Crippen molar-refractivity contribution in [2.24, 2.45) is 0 Å². The van der Waals surface area contributed by atoms with Gasteiger partial charge < -0.3 is 11.1 Å². The maximum Gasteiger partial charge on any atom is 0.0617 e. The monoisotopic (exact) mass is 666 g/mol. The maximum atomic E-state index is 6.22. The van der Waals surface area contributed by atoms with Gasteiger partial charge in [0.2, 0.25) is 0 Å². The van der Waals surface area contributed by atoms with E-state index < -0.39 is 0 Å². The molecule has 7 aromatic carbocycles. The van der Waals surface area contributed by atoms with Gasteiger partial charge in [-0.25, -0.2) is 0 Å². The lowest BCUT2D eigenvalue weighted by Crippen LogP contribution is -1.96. The van der Waals surface area contributed by atoms with Gasteiger partial charge in [0.05, 0.1) is 11.4 Å². The molecule has 0 aromatic heterocycles. The minimum absolute atomic E-state index is 0.728. The van der Waals surface area contributed by atoms with Crippen molar-refractivity contribution in [1.82, 2.24) is 0 Å². The van der Waals surface area contributed by atoms with Crippen LogP contribution in [0.2, 0.25) is 0 Å². The van der Waals surface area contributed by atoms with Crippen LogP contribution in [0, 0.1) is 0 Å². The molecule has 2 heteroatoms. The number of anilines is 3. The third kappa shape index (κ3) is 9.32. The molecule has 0 spiro atoms. The molecule has 0 atom stereocenters. The molecule has 2 nitrogen and oxygen atoms in total. The van der Waals surface area contributed by atoms with Gasteiger partial charge in [0.15, 0.2) is 0 Å². The van der Waals surface area contributed by atoms with Crippen molar-refractivity contribution in [3.05, 3.63) is 189 Å². The van der Waals surface area contributed by atoms with Crippen LogP contribution in [0.4, 0.5) is 17.1 Å². The highest BCUT2D eigenvalue weighted by Crippen LogP contribution is 2.44. The summed E-state index contributed by atoms with van der Waals surface area (Å²) >= 11 is 0. The molecule has 0 aliphatic carbocycles. The van der Waals surface area contributed by atoms with Crippen molar-refractivity contribution in [2.45, 2.75) is 34.6 Å². The molecule has 0 bridgehead atoms. The Morgan fingerprint density at radius 3 is 1.45 bits per heavy atom. The van der Waals surface area contributed by atoms with Crippen LogP contribution in [-0.2, 0) is 0 Å². The zero-order valence-corrected chi connectivity index (χ0v) is 30.7. The largest absolute Gasteiger partial charge is 0.397 e. The Balaban J connectivity index is 0.000000470. The quantitative estimate of drug-likeness (QED) is 0.0802. The highest BCUT2D eigenvalue weighted by atomic mass is 14.9. The first-order valence-electron chi connectivity index (χ1n) is 17.6. The van der Waals surface area contributed by atoms with Crippen LogP contribution < -0.4 is 11.1 Å². The highest BCUT2D eigenvalue weighted by Gasteiger charge is 2.17. The highest BCUT2D eigenvalue weighted by molar-refractivity contribution is 6.21. The first-order valence-corrected chi connectivity index (χ1v) is 17.6. The average Bonchev–Trinajstić information content (AvgIpc) is 3.19. The number of nitrogen functional groups attached to an aromatic ring is 1. The molecule has 0 amide bonds. The molecule has 3 N–H and O–H groups in total. The van der Waals surface area contributed by atoms with Crippen LogP contribution in [-0.4, -0.2) is 0 Å². The third-order valence-electron chi connectivity index (χ3n) is 8.38. The Kier molecular flexibility index (Phi) is 14.2. The number of nitrogens with one attached hydrogen (secondary N) is 1. The van der Waals surface area contributed by atoms with E-state index in [1.54, 1.807) is 6.08 Å². The molecule has 7 aromatic rings. The second-order valence-corrected chi connectivity index (χ2v) is 11.7. The maximum absolute atomic E-state index is 6.22. The van der Waals surface area contributed by atoms with Gasteiger partial charge in [-0.3, -0.25) is 0 Å². The van der Waals surface area contributed by atoms with Crippen molar-refractivity contribution >= 4 is 38.6 Å². The van der Waals surface area contributed by atoms with E-state index in [9.17, 15) is 0 Å². The lowest BCUT2D eigenvalue weighted by Gasteiger charge is -2.18. The van der Waals surface area contributed by atoms with Gasteiger partial charge >= 0.3 is 0 Å². The van der Waals surface area contributed by atoms with Crippen LogP contribution in [0.15, 0.2) is 189 Å². The number of fused-ring (bicyclic) bond motifs is 2. The van der Waals surface area contributed by atoms with Crippen LogP contribution in [0.1, 0.15) is 34.6 Å². The van der Waals surface area contributed by atoms with E-state index in [0.717, 1.165) is 22.6 Å². The first-order chi connectivity index (χ1) is 25.0. The van der Waals surface area contributed by atoms with Crippen molar-refractivity contribution in [1.29, 1.82) is 0 Å². The summed E-state index contributed by atoms with van der Waals surface area (Å²) in [7, 11) is 0. The van der Waals surface area contributed by atoms with Crippen LogP contribution in [0.3, 0.4) is 0 Å². The summed E-state index contributed by atoms with van der Waals surface area (Å²) < 4.78 is 0. The Bertz CT molecular complexity index is 2150. The second kappa shape index (κ2) is 19.2. The van der Waals surface area contributed by atoms with Crippen molar-refractivity contribution in [3.8, 4) is 33.4 Å². The summed E-state index contributed by atoms with van der Waals surface area (Å²) in [4.78, 5) is 0. The Labute approximate surface area is 305 Å². The van der Waals surface area contributed by atoms with Crippen LogP contribution >= 0.6 is 0 Å². The number of rotatable bonds is 6. The normalized spacial score (nSPS) is 10.4. The summed E-state index contributed by atoms with van der Waals surface area (Å²) in [6, 6.07) is 53.5. The molecule has 0 saturated carbocycles. The molecule has 51 heavy (non-hydrogen) atoms. The first kappa shape index (κ1) is 37.7. The summed E-state index contributed by atoms with van der Waals surface area (Å²) in [6.45, 7) is 16.8. The molecule has 256 valence electrons. The van der Waals surface area contributed by atoms with Crippen molar-refractivity contribution in [3.63, 3.8) is 0 Å². The predicted octanol–water partition coefficient (Wildman–Crippen LogP) is 14.7. The average molecular weight is 667 g/mol. The van der Waals surface area contributed by atoms with Gasteiger partial charge in [0.1, 0.15) is 0 Å². The lowest BCUT2D eigenvalue weighted by atomic mass is 9.85. The van der Waals surface area contributed by atoms with Gasteiger partial charge in [-0.05, 0) is 100.0 Å². The van der Waals surface area contributed by atoms with Crippen molar-refractivity contribution in [2.75, 3.05) is 11.1 Å². The second-order valence-electron chi connectivity index (χ2n) is 11.7. The zero-order valence-electron chi connectivity index (χ0n) is 30.7. The number of hydrogen-bond acceptors (Lipinski definition) is 2. The molecule has 0 radical (unpaired) electrons. The number of nitrogens with two attached hydrogens (primary N) is 1. The fourth-order valence-electron chi connectivity index (χ4n) is 5.85. The van der Waals surface area contributed by atoms with E-state index in [0.29, 0.717) is 0 Å². The fourth-order valence-corrected chi connectivity index (χ4v) is 5.85. The van der Waals surface area contributed by atoms with Crippen LogP contribution in [0.5, 0.6) is 0 Å². The Morgan fingerprint density at radius 1 is 0.529 bits per heavy atom. The summed E-state index contributed by atoms with van der Waals surface area (Å²) in [5.74, 6) is 0. The van der Waals surface area contributed by atoms with E-state index >= 15 is 0 Å². The smallest absolute Gasteiger partial charge is 0.0617 e. The number of hydrogen-bond donors (Lipinski definition) is 2. The SMILES string of the molecule is C=C/C(C)=C\C.C=CC.CC.Nc1ccccc1Nc1cccc(-c2c3ccccc3c(-c3ccc(-c4ccccc4)cc3)c3ccccc23)c1. The minimum atomic E-state index is 0.728. The van der Waals surface area contributed by atoms with Gasteiger partial charge in [-0.15, -0.1) is 6.58 Å². The van der Waals surface area contributed by atoms with Gasteiger partial charge in [-0.2, -0.15) is 0 Å². The summed E-state index contributed by atoms with van der Waals surface area (Å²) in [6.07, 6.45) is 5.60. The van der Waals surface area contributed by atoms with Crippen molar-refractivity contribution < 1.29 is 0 Å². The minimum Gasteiger partial charge on any atom is -0.397 e. The molecule has 0 fully saturated rings. The van der Waals surface area contributed by atoms with E-state index in [-0.39, 0.29) is 0 Å². The van der Waals surface area contributed by atoms with Gasteiger partial charge in [-0.1, -0.05) is 172 Å². The topological polar surface area (TPSA) is 38.0 Å². The molecular weight excluding hydrogens is 617 g/mol. The fraction of sp³-hybridized carbons (Fsp3) is 0.102. The van der Waals surface area contributed by atoms with Gasteiger partial charge in [0, 0.05) is 5.69 Å². The molecular formula is C49H50N2. The van der Waals surface area contributed by atoms with E-state index in [4.69, 9.17) is 5.73 Å². The zero-order chi connectivity index (χ0) is 36.6. The number of para-hydroxylation sites is 2. The molecule has 0 unspecified atom stereocenters. The molecule has 0 aliphatic heterocycles.